The molecule has 1 saturated heterocycles. The Labute approximate surface area is 135 Å². The first-order valence-electron chi connectivity index (χ1n) is 8.29. The van der Waals surface area contributed by atoms with Crippen LogP contribution in [0.5, 0.6) is 0 Å². The van der Waals surface area contributed by atoms with Gasteiger partial charge in [-0.15, -0.1) is 0 Å². The van der Waals surface area contributed by atoms with Crippen LogP contribution < -0.4 is 0 Å². The second-order valence-electron chi connectivity index (χ2n) is 7.95. The SMILES string of the molecule is CC1(C)CC(=O)C2(CC(=O)N3CCc4ccccc4[C@@H]32)C(=O)C1. The summed E-state index contributed by atoms with van der Waals surface area (Å²) in [5, 5.41) is 0. The Morgan fingerprint density at radius 1 is 1.00 bits per heavy atom. The Kier molecular flexibility index (Phi) is 2.88. The van der Waals surface area contributed by atoms with Crippen molar-refractivity contribution < 1.29 is 14.4 Å². The molecule has 2 fully saturated rings. The maximum Gasteiger partial charge on any atom is 0.224 e. The summed E-state index contributed by atoms with van der Waals surface area (Å²) in [6.45, 7) is 4.52. The number of ketones is 2. The third-order valence-electron chi connectivity index (χ3n) is 5.77. The van der Waals surface area contributed by atoms with Crippen molar-refractivity contribution in [3.05, 3.63) is 35.4 Å². The summed E-state index contributed by atoms with van der Waals surface area (Å²) in [6, 6.07) is 7.54. The van der Waals surface area contributed by atoms with Gasteiger partial charge in [0, 0.05) is 25.8 Å². The third-order valence-corrected chi connectivity index (χ3v) is 5.77. The Hall–Kier alpha value is -1.97. The molecule has 0 unspecified atom stereocenters. The summed E-state index contributed by atoms with van der Waals surface area (Å²) < 4.78 is 0. The highest BCUT2D eigenvalue weighted by Crippen LogP contribution is 2.56. The Morgan fingerprint density at radius 3 is 2.35 bits per heavy atom. The first-order chi connectivity index (χ1) is 10.8. The number of nitrogens with zero attached hydrogens (tertiary/aromatic N) is 1. The van der Waals surface area contributed by atoms with Gasteiger partial charge in [-0.25, -0.2) is 0 Å². The van der Waals surface area contributed by atoms with Gasteiger partial charge in [-0.3, -0.25) is 14.4 Å². The zero-order valence-corrected chi connectivity index (χ0v) is 13.6. The molecule has 0 radical (unpaired) electrons. The van der Waals surface area contributed by atoms with Crippen LogP contribution in [-0.4, -0.2) is 28.9 Å². The number of carbonyl (C=O) groups is 3. The van der Waals surface area contributed by atoms with Gasteiger partial charge in [-0.1, -0.05) is 38.1 Å². The minimum atomic E-state index is -1.15. The number of carbonyl (C=O) groups excluding carboxylic acids is 3. The van der Waals surface area contributed by atoms with E-state index in [1.54, 1.807) is 4.90 Å². The molecule has 1 aliphatic carbocycles. The average Bonchev–Trinajstić information content (AvgIpc) is 2.79. The summed E-state index contributed by atoms with van der Waals surface area (Å²) in [5.41, 5.74) is 0.701. The largest absolute Gasteiger partial charge is 0.334 e. The highest BCUT2D eigenvalue weighted by atomic mass is 16.2. The second kappa shape index (κ2) is 4.53. The molecule has 0 aromatic heterocycles. The summed E-state index contributed by atoms with van der Waals surface area (Å²) in [7, 11) is 0. The number of hydrogen-bond acceptors (Lipinski definition) is 3. The van der Waals surface area contributed by atoms with Crippen LogP contribution in [0.15, 0.2) is 24.3 Å². The maximum absolute atomic E-state index is 13.1. The van der Waals surface area contributed by atoms with Gasteiger partial charge in [-0.2, -0.15) is 0 Å². The molecule has 1 saturated carbocycles. The fourth-order valence-corrected chi connectivity index (χ4v) is 4.71. The van der Waals surface area contributed by atoms with Crippen molar-refractivity contribution >= 4 is 17.5 Å². The molecule has 23 heavy (non-hydrogen) atoms. The van der Waals surface area contributed by atoms with Crippen molar-refractivity contribution in [2.24, 2.45) is 10.8 Å². The van der Waals surface area contributed by atoms with Gasteiger partial charge in [-0.05, 0) is 23.0 Å². The second-order valence-corrected chi connectivity index (χ2v) is 7.95. The van der Waals surface area contributed by atoms with Gasteiger partial charge in [0.1, 0.15) is 17.0 Å². The maximum atomic E-state index is 13.1. The molecule has 4 nitrogen and oxygen atoms in total. The minimum Gasteiger partial charge on any atom is -0.334 e. The first-order valence-corrected chi connectivity index (χ1v) is 8.29. The van der Waals surface area contributed by atoms with Crippen molar-refractivity contribution in [1.29, 1.82) is 0 Å². The molecule has 4 rings (SSSR count). The van der Waals surface area contributed by atoms with Crippen LogP contribution in [0.25, 0.3) is 0 Å². The molecule has 2 heterocycles. The van der Waals surface area contributed by atoms with Crippen LogP contribution in [-0.2, 0) is 20.8 Å². The lowest BCUT2D eigenvalue weighted by Gasteiger charge is -2.44. The molecular weight excluding hydrogens is 290 g/mol. The number of Topliss-reactive ketones (excluding diaryl/α,β-unsaturated/α-hetero) is 2. The average molecular weight is 311 g/mol. The molecule has 1 atom stereocenters. The molecule has 3 aliphatic rings. The number of benzene rings is 1. The van der Waals surface area contributed by atoms with Gasteiger partial charge in [0.15, 0.2) is 0 Å². The Balaban J connectivity index is 1.89. The van der Waals surface area contributed by atoms with E-state index in [1.165, 1.54) is 0 Å². The topological polar surface area (TPSA) is 54.5 Å². The Morgan fingerprint density at radius 2 is 1.65 bits per heavy atom. The predicted molar refractivity (Wildman–Crippen MR) is 84.7 cm³/mol. The molecule has 120 valence electrons. The van der Waals surface area contributed by atoms with Crippen LogP contribution in [0.4, 0.5) is 0 Å². The van der Waals surface area contributed by atoms with E-state index in [0.717, 1.165) is 17.5 Å². The number of amides is 1. The number of rotatable bonds is 0. The monoisotopic (exact) mass is 311 g/mol. The quantitative estimate of drug-likeness (QED) is 0.692. The van der Waals surface area contributed by atoms with E-state index < -0.39 is 11.5 Å². The fraction of sp³-hybridized carbons (Fsp3) is 0.526. The fourth-order valence-electron chi connectivity index (χ4n) is 4.71. The molecule has 0 N–H and O–H groups in total. The van der Waals surface area contributed by atoms with Crippen molar-refractivity contribution in [2.45, 2.75) is 45.6 Å². The number of fused-ring (bicyclic) bond motifs is 4. The van der Waals surface area contributed by atoms with Gasteiger partial charge in [0.25, 0.3) is 0 Å². The lowest BCUT2D eigenvalue weighted by Crippen LogP contribution is -2.51. The standard InChI is InChI=1S/C19H21NO3/c1-18(2)9-14(21)19(15(22)10-18)11-16(23)20-8-7-12-5-3-4-6-13(12)17(19)20/h3-6,17H,7-11H2,1-2H3/t17-/m1/s1. The minimum absolute atomic E-state index is 0.0451. The summed E-state index contributed by atoms with van der Waals surface area (Å²) in [4.78, 5) is 40.4. The first kappa shape index (κ1) is 14.6. The van der Waals surface area contributed by atoms with Gasteiger partial charge in [0.2, 0.25) is 5.91 Å². The lowest BCUT2D eigenvalue weighted by molar-refractivity contribution is -0.150. The van der Waals surface area contributed by atoms with Crippen LogP contribution >= 0.6 is 0 Å². The molecule has 0 bridgehead atoms. The molecule has 1 amide bonds. The predicted octanol–water partition coefficient (Wildman–Crippen LogP) is 2.46. The Bertz CT molecular complexity index is 714. The van der Waals surface area contributed by atoms with E-state index in [1.807, 2.05) is 38.1 Å². The zero-order chi connectivity index (χ0) is 16.4. The summed E-state index contributed by atoms with van der Waals surface area (Å²) in [6.07, 6.45) is 1.60. The van der Waals surface area contributed by atoms with Crippen molar-refractivity contribution in [3.63, 3.8) is 0 Å². The molecule has 1 spiro atoms. The van der Waals surface area contributed by atoms with Gasteiger partial charge < -0.3 is 4.90 Å². The van der Waals surface area contributed by atoms with Gasteiger partial charge >= 0.3 is 0 Å². The molecule has 4 heteroatoms. The van der Waals surface area contributed by atoms with E-state index in [2.05, 4.69) is 0 Å². The van der Waals surface area contributed by atoms with E-state index in [9.17, 15) is 14.4 Å². The van der Waals surface area contributed by atoms with E-state index in [0.29, 0.717) is 19.4 Å². The van der Waals surface area contributed by atoms with Crippen LogP contribution in [0, 0.1) is 10.8 Å². The lowest BCUT2D eigenvalue weighted by atomic mass is 9.59. The smallest absolute Gasteiger partial charge is 0.224 e. The van der Waals surface area contributed by atoms with Crippen molar-refractivity contribution in [1.82, 2.24) is 4.90 Å². The van der Waals surface area contributed by atoms with Crippen molar-refractivity contribution in [3.8, 4) is 0 Å². The molecule has 1 aromatic rings. The molecular formula is C19H21NO3. The molecule has 2 aliphatic heterocycles. The normalized spacial score (nSPS) is 28.0. The molecule has 1 aromatic carbocycles. The summed E-state index contributed by atoms with van der Waals surface area (Å²) >= 11 is 0. The highest BCUT2D eigenvalue weighted by molar-refractivity contribution is 6.14. The van der Waals surface area contributed by atoms with Crippen LogP contribution in [0.2, 0.25) is 0 Å². The van der Waals surface area contributed by atoms with Gasteiger partial charge in [0.05, 0.1) is 6.04 Å². The van der Waals surface area contributed by atoms with E-state index in [-0.39, 0.29) is 29.3 Å². The highest BCUT2D eigenvalue weighted by Gasteiger charge is 2.64. The van der Waals surface area contributed by atoms with E-state index >= 15 is 0 Å². The number of hydrogen-bond donors (Lipinski definition) is 0. The van der Waals surface area contributed by atoms with Crippen LogP contribution in [0.1, 0.15) is 50.3 Å². The van der Waals surface area contributed by atoms with Crippen molar-refractivity contribution in [2.75, 3.05) is 6.54 Å². The summed E-state index contributed by atoms with van der Waals surface area (Å²) in [5.74, 6) is -0.140. The third kappa shape index (κ3) is 1.87. The van der Waals surface area contributed by atoms with Crippen LogP contribution in [0.3, 0.4) is 0 Å². The van der Waals surface area contributed by atoms with E-state index in [4.69, 9.17) is 0 Å². The zero-order valence-electron chi connectivity index (χ0n) is 13.6.